The average Bonchev–Trinajstić information content (AvgIpc) is 2.88. The van der Waals surface area contributed by atoms with Crippen LogP contribution in [0.5, 0.6) is 10.9 Å². The molecule has 20 heavy (non-hydrogen) atoms. The highest BCUT2D eigenvalue weighted by Gasteiger charge is 2.16. The average molecular weight is 292 g/mol. The number of hydrogen-bond donors (Lipinski definition) is 0. The highest BCUT2D eigenvalue weighted by atomic mass is 32.1. The van der Waals surface area contributed by atoms with Crippen LogP contribution in [-0.2, 0) is 4.74 Å². The van der Waals surface area contributed by atoms with Gasteiger partial charge in [-0.25, -0.2) is 4.79 Å². The van der Waals surface area contributed by atoms with E-state index >= 15 is 0 Å². The standard InChI is InChI=1S/C14H16N2O3S/c1-5-18-13(17)12-15-16-14(20-12)19-11-9(3)7-6-8(2)10(11)4/h6-7H,5H2,1-4H3. The fraction of sp³-hybridized carbons (Fsp3) is 0.357. The van der Waals surface area contributed by atoms with E-state index in [9.17, 15) is 4.79 Å². The van der Waals surface area contributed by atoms with E-state index in [1.807, 2.05) is 32.9 Å². The SMILES string of the molecule is CCOC(=O)c1nnc(Oc2c(C)ccc(C)c2C)s1. The van der Waals surface area contributed by atoms with Crippen LogP contribution in [0.4, 0.5) is 0 Å². The summed E-state index contributed by atoms with van der Waals surface area (Å²) in [7, 11) is 0. The highest BCUT2D eigenvalue weighted by Crippen LogP contribution is 2.32. The Morgan fingerprint density at radius 1 is 1.20 bits per heavy atom. The van der Waals surface area contributed by atoms with Gasteiger partial charge in [0.05, 0.1) is 6.61 Å². The molecule has 1 aromatic heterocycles. The summed E-state index contributed by atoms with van der Waals surface area (Å²) in [5.74, 6) is 0.286. The Morgan fingerprint density at radius 2 is 1.90 bits per heavy atom. The van der Waals surface area contributed by atoms with Crippen molar-refractivity contribution in [3.8, 4) is 10.9 Å². The van der Waals surface area contributed by atoms with E-state index in [1.165, 1.54) is 0 Å². The van der Waals surface area contributed by atoms with Crippen molar-refractivity contribution in [2.75, 3.05) is 6.61 Å². The lowest BCUT2D eigenvalue weighted by molar-refractivity contribution is 0.0525. The maximum atomic E-state index is 11.5. The lowest BCUT2D eigenvalue weighted by atomic mass is 10.1. The lowest BCUT2D eigenvalue weighted by Crippen LogP contribution is -2.03. The summed E-state index contributed by atoms with van der Waals surface area (Å²) in [6.07, 6.45) is 0. The first-order valence-corrected chi connectivity index (χ1v) is 7.09. The highest BCUT2D eigenvalue weighted by molar-refractivity contribution is 7.14. The number of hydrogen-bond acceptors (Lipinski definition) is 6. The van der Waals surface area contributed by atoms with Gasteiger partial charge in [0.1, 0.15) is 5.75 Å². The van der Waals surface area contributed by atoms with Crippen molar-refractivity contribution < 1.29 is 14.3 Å². The van der Waals surface area contributed by atoms with Crippen LogP contribution in [0, 0.1) is 20.8 Å². The maximum absolute atomic E-state index is 11.5. The minimum atomic E-state index is -0.475. The topological polar surface area (TPSA) is 61.3 Å². The summed E-state index contributed by atoms with van der Waals surface area (Å²) in [6.45, 7) is 8.03. The second-order valence-corrected chi connectivity index (χ2v) is 5.29. The van der Waals surface area contributed by atoms with E-state index in [1.54, 1.807) is 6.92 Å². The van der Waals surface area contributed by atoms with Gasteiger partial charge < -0.3 is 9.47 Å². The number of benzene rings is 1. The number of esters is 1. The van der Waals surface area contributed by atoms with Crippen molar-refractivity contribution in [2.24, 2.45) is 0 Å². The zero-order chi connectivity index (χ0) is 14.7. The van der Waals surface area contributed by atoms with Gasteiger partial charge >= 0.3 is 5.97 Å². The Morgan fingerprint density at radius 3 is 2.60 bits per heavy atom. The molecule has 0 unspecified atom stereocenters. The van der Waals surface area contributed by atoms with Crippen LogP contribution in [0.25, 0.3) is 0 Å². The number of nitrogens with zero attached hydrogens (tertiary/aromatic N) is 2. The smallest absolute Gasteiger partial charge is 0.369 e. The van der Waals surface area contributed by atoms with E-state index in [0.29, 0.717) is 11.8 Å². The van der Waals surface area contributed by atoms with Crippen LogP contribution in [0.1, 0.15) is 33.4 Å². The van der Waals surface area contributed by atoms with E-state index in [2.05, 4.69) is 10.2 Å². The Bertz CT molecular complexity index is 637. The van der Waals surface area contributed by atoms with Gasteiger partial charge in [0, 0.05) is 0 Å². The number of carbonyl (C=O) groups excluding carboxylic acids is 1. The molecule has 0 aliphatic carbocycles. The minimum Gasteiger partial charge on any atom is -0.461 e. The fourth-order valence-electron chi connectivity index (χ4n) is 1.70. The Balaban J connectivity index is 2.23. The number of aryl methyl sites for hydroxylation is 2. The number of ether oxygens (including phenoxy) is 2. The lowest BCUT2D eigenvalue weighted by Gasteiger charge is -2.10. The van der Waals surface area contributed by atoms with Gasteiger partial charge in [-0.15, -0.1) is 5.10 Å². The summed E-state index contributed by atoms with van der Waals surface area (Å²) < 4.78 is 10.6. The van der Waals surface area contributed by atoms with Crippen molar-refractivity contribution in [3.05, 3.63) is 33.8 Å². The molecule has 0 N–H and O–H groups in total. The van der Waals surface area contributed by atoms with Crippen LogP contribution in [-0.4, -0.2) is 22.8 Å². The quantitative estimate of drug-likeness (QED) is 0.808. The molecule has 0 fully saturated rings. The van der Waals surface area contributed by atoms with Crippen LogP contribution in [0.2, 0.25) is 0 Å². The Labute approximate surface area is 121 Å². The summed E-state index contributed by atoms with van der Waals surface area (Å²) in [5.41, 5.74) is 3.21. The maximum Gasteiger partial charge on any atom is 0.369 e. The molecule has 0 saturated heterocycles. The first kappa shape index (κ1) is 14.5. The largest absolute Gasteiger partial charge is 0.461 e. The number of rotatable bonds is 4. The molecule has 6 heteroatoms. The third kappa shape index (κ3) is 2.96. The Kier molecular flexibility index (Phi) is 4.34. The summed E-state index contributed by atoms with van der Waals surface area (Å²) in [5, 5.41) is 8.19. The van der Waals surface area contributed by atoms with E-state index < -0.39 is 5.97 Å². The molecule has 0 amide bonds. The van der Waals surface area contributed by atoms with Gasteiger partial charge in [-0.1, -0.05) is 17.2 Å². The van der Waals surface area contributed by atoms with Crippen LogP contribution in [0.3, 0.4) is 0 Å². The summed E-state index contributed by atoms with van der Waals surface area (Å²) >= 11 is 1.08. The van der Waals surface area contributed by atoms with Crippen LogP contribution >= 0.6 is 11.3 Å². The second kappa shape index (κ2) is 6.00. The molecule has 0 aliphatic rings. The van der Waals surface area contributed by atoms with Gasteiger partial charge in [0.15, 0.2) is 0 Å². The van der Waals surface area contributed by atoms with Gasteiger partial charge in [0.25, 0.3) is 5.19 Å². The predicted molar refractivity (Wildman–Crippen MR) is 76.6 cm³/mol. The first-order valence-electron chi connectivity index (χ1n) is 6.28. The van der Waals surface area contributed by atoms with Crippen molar-refractivity contribution in [1.29, 1.82) is 0 Å². The van der Waals surface area contributed by atoms with Gasteiger partial charge in [0.2, 0.25) is 5.01 Å². The monoisotopic (exact) mass is 292 g/mol. The molecule has 0 spiro atoms. The molecule has 0 radical (unpaired) electrons. The first-order chi connectivity index (χ1) is 9.52. The molecule has 106 valence electrons. The molecule has 1 aromatic carbocycles. The van der Waals surface area contributed by atoms with Gasteiger partial charge in [-0.2, -0.15) is 0 Å². The summed E-state index contributed by atoms with van der Waals surface area (Å²) in [6, 6.07) is 4.03. The zero-order valence-corrected chi connectivity index (χ0v) is 12.7. The predicted octanol–water partition coefficient (Wildman–Crippen LogP) is 3.43. The molecule has 2 aromatic rings. The second-order valence-electron chi connectivity index (χ2n) is 4.35. The van der Waals surface area contributed by atoms with E-state index in [0.717, 1.165) is 33.8 Å². The molecule has 0 atom stereocenters. The fourth-order valence-corrected chi connectivity index (χ4v) is 2.29. The molecule has 5 nitrogen and oxygen atoms in total. The third-order valence-electron chi connectivity index (χ3n) is 2.92. The normalized spacial score (nSPS) is 10.4. The van der Waals surface area contributed by atoms with E-state index in [4.69, 9.17) is 9.47 Å². The minimum absolute atomic E-state index is 0.199. The van der Waals surface area contributed by atoms with Gasteiger partial charge in [-0.05, 0) is 55.7 Å². The molecule has 0 saturated carbocycles. The van der Waals surface area contributed by atoms with Crippen molar-refractivity contribution in [3.63, 3.8) is 0 Å². The zero-order valence-electron chi connectivity index (χ0n) is 11.9. The third-order valence-corrected chi connectivity index (χ3v) is 3.70. The molecule has 1 heterocycles. The molecule has 2 rings (SSSR count). The van der Waals surface area contributed by atoms with Crippen LogP contribution in [0.15, 0.2) is 12.1 Å². The molecular formula is C14H16N2O3S. The number of carbonyl (C=O) groups is 1. The van der Waals surface area contributed by atoms with Crippen LogP contribution < -0.4 is 4.74 Å². The Hall–Kier alpha value is -1.95. The molecule has 0 bridgehead atoms. The van der Waals surface area contributed by atoms with E-state index in [-0.39, 0.29) is 5.01 Å². The molecular weight excluding hydrogens is 276 g/mol. The van der Waals surface area contributed by atoms with Crippen molar-refractivity contribution >= 4 is 17.3 Å². The van der Waals surface area contributed by atoms with Crippen molar-refractivity contribution in [2.45, 2.75) is 27.7 Å². The number of aromatic nitrogens is 2. The summed E-state index contributed by atoms with van der Waals surface area (Å²) in [4.78, 5) is 11.5. The van der Waals surface area contributed by atoms with Crippen molar-refractivity contribution in [1.82, 2.24) is 10.2 Å². The molecule has 0 aliphatic heterocycles. The van der Waals surface area contributed by atoms with Gasteiger partial charge in [-0.3, -0.25) is 0 Å².